The molecule has 0 aliphatic rings. The zero-order valence-electron chi connectivity index (χ0n) is 8.98. The van der Waals surface area contributed by atoms with Crippen molar-refractivity contribution in [2.24, 2.45) is 0 Å². The Hall–Kier alpha value is -1.91. The molecule has 1 amide bonds. The van der Waals surface area contributed by atoms with E-state index in [1.807, 2.05) is 13.8 Å². The van der Waals surface area contributed by atoms with E-state index in [4.69, 9.17) is 0 Å². The molecule has 0 atom stereocenters. The van der Waals surface area contributed by atoms with Crippen LogP contribution in [0.2, 0.25) is 0 Å². The average Bonchev–Trinajstić information content (AvgIpc) is 2.30. The maximum atomic E-state index is 11.1. The van der Waals surface area contributed by atoms with E-state index in [9.17, 15) is 14.9 Å². The Kier molecular flexibility index (Phi) is 5.70. The van der Waals surface area contributed by atoms with Crippen molar-refractivity contribution in [2.45, 2.75) is 13.8 Å². The van der Waals surface area contributed by atoms with Gasteiger partial charge in [-0.15, -0.1) is 0 Å². The maximum absolute atomic E-state index is 11.1. The van der Waals surface area contributed by atoms with Crippen LogP contribution in [0.4, 0.5) is 5.69 Å². The van der Waals surface area contributed by atoms with Crippen LogP contribution in [0.5, 0.6) is 0 Å². The van der Waals surface area contributed by atoms with E-state index < -0.39 is 10.8 Å². The second kappa shape index (κ2) is 6.53. The lowest BCUT2D eigenvalue weighted by atomic mass is 10.2. The zero-order valence-corrected chi connectivity index (χ0v) is 8.98. The fraction of sp³-hybridized carbons (Fsp3) is 0.300. The molecule has 1 N–H and O–H groups in total. The highest BCUT2D eigenvalue weighted by Gasteiger charge is 2.17. The summed E-state index contributed by atoms with van der Waals surface area (Å²) in [6.07, 6.45) is 0. The summed E-state index contributed by atoms with van der Waals surface area (Å²) >= 11 is 0. The minimum Gasteiger partial charge on any atom is -0.355 e. The number of para-hydroxylation sites is 1. The predicted molar refractivity (Wildman–Crippen MR) is 57.8 cm³/mol. The molecule has 0 radical (unpaired) electrons. The molecule has 1 aromatic carbocycles. The van der Waals surface area contributed by atoms with Gasteiger partial charge in [0.1, 0.15) is 5.56 Å². The third-order valence-electron chi connectivity index (χ3n) is 1.57. The summed E-state index contributed by atoms with van der Waals surface area (Å²) in [5, 5.41) is 12.8. The fourth-order valence-electron chi connectivity index (χ4n) is 0.960. The molecule has 0 aliphatic heterocycles. The molecule has 82 valence electrons. The number of rotatable bonds is 2. The molecule has 0 spiro atoms. The monoisotopic (exact) mass is 210 g/mol. The zero-order chi connectivity index (χ0) is 11.8. The second-order valence-electron chi connectivity index (χ2n) is 2.35. The highest BCUT2D eigenvalue weighted by molar-refractivity contribution is 5.97. The lowest BCUT2D eigenvalue weighted by Crippen LogP contribution is -2.18. The van der Waals surface area contributed by atoms with Gasteiger partial charge in [-0.1, -0.05) is 26.0 Å². The topological polar surface area (TPSA) is 72.2 Å². The number of benzene rings is 1. The first-order valence-electron chi connectivity index (χ1n) is 4.62. The summed E-state index contributed by atoms with van der Waals surface area (Å²) in [6.45, 7) is 4.00. The molecule has 5 heteroatoms. The lowest BCUT2D eigenvalue weighted by molar-refractivity contribution is -0.385. The molecule has 0 bridgehead atoms. The maximum Gasteiger partial charge on any atom is 0.282 e. The van der Waals surface area contributed by atoms with Crippen molar-refractivity contribution in [3.63, 3.8) is 0 Å². The van der Waals surface area contributed by atoms with E-state index in [-0.39, 0.29) is 11.3 Å². The molecule has 0 saturated heterocycles. The molecule has 1 rings (SSSR count). The van der Waals surface area contributed by atoms with Crippen LogP contribution in [0.15, 0.2) is 24.3 Å². The molecule has 1 aromatic rings. The number of amides is 1. The van der Waals surface area contributed by atoms with Crippen LogP contribution in [0.1, 0.15) is 24.2 Å². The fourth-order valence-corrected chi connectivity index (χ4v) is 0.960. The first kappa shape index (κ1) is 13.1. The van der Waals surface area contributed by atoms with Crippen LogP contribution >= 0.6 is 0 Å². The summed E-state index contributed by atoms with van der Waals surface area (Å²) in [5.41, 5.74) is -0.100. The third kappa shape index (κ3) is 3.38. The number of hydrogen-bond acceptors (Lipinski definition) is 3. The van der Waals surface area contributed by atoms with Gasteiger partial charge in [0, 0.05) is 13.1 Å². The number of nitrogens with one attached hydrogen (secondary N) is 1. The van der Waals surface area contributed by atoms with E-state index in [1.54, 1.807) is 6.07 Å². The summed E-state index contributed by atoms with van der Waals surface area (Å²) in [5.74, 6) is -0.452. The number of nitro groups is 1. The summed E-state index contributed by atoms with van der Waals surface area (Å²) < 4.78 is 0. The predicted octanol–water partition coefficient (Wildman–Crippen LogP) is 1.98. The van der Waals surface area contributed by atoms with Crippen LogP contribution in [-0.2, 0) is 0 Å². The van der Waals surface area contributed by atoms with Crippen molar-refractivity contribution in [2.75, 3.05) is 7.05 Å². The highest BCUT2D eigenvalue weighted by Crippen LogP contribution is 2.16. The molecule has 0 aromatic heterocycles. The standard InChI is InChI=1S/C8H8N2O3.C2H6/c1-9-8(11)6-4-2-3-5-7(6)10(12)13;1-2/h2-5H,1H3,(H,9,11);1-2H3. The minimum absolute atomic E-state index is 0.0787. The van der Waals surface area contributed by atoms with E-state index in [0.717, 1.165) is 0 Å². The second-order valence-corrected chi connectivity index (χ2v) is 2.35. The lowest BCUT2D eigenvalue weighted by Gasteiger charge is -1.99. The Balaban J connectivity index is 0.000000921. The Labute approximate surface area is 88.3 Å². The Bertz CT molecular complexity index is 350. The number of nitro benzene ring substituents is 1. The Morgan fingerprint density at radius 3 is 2.33 bits per heavy atom. The minimum atomic E-state index is -0.579. The summed E-state index contributed by atoms with van der Waals surface area (Å²) in [6, 6.07) is 5.81. The Morgan fingerprint density at radius 2 is 1.87 bits per heavy atom. The molecule has 0 unspecified atom stereocenters. The van der Waals surface area contributed by atoms with Gasteiger partial charge in [0.2, 0.25) is 0 Å². The van der Waals surface area contributed by atoms with E-state index >= 15 is 0 Å². The molecule has 0 aliphatic carbocycles. The van der Waals surface area contributed by atoms with Crippen LogP contribution in [0.3, 0.4) is 0 Å². The van der Waals surface area contributed by atoms with Gasteiger partial charge in [0.25, 0.3) is 11.6 Å². The first-order valence-corrected chi connectivity index (χ1v) is 4.62. The van der Waals surface area contributed by atoms with Crippen molar-refractivity contribution in [1.29, 1.82) is 0 Å². The van der Waals surface area contributed by atoms with Crippen molar-refractivity contribution < 1.29 is 9.72 Å². The van der Waals surface area contributed by atoms with Gasteiger partial charge in [-0.05, 0) is 6.07 Å². The summed E-state index contributed by atoms with van der Waals surface area (Å²) in [7, 11) is 1.43. The summed E-state index contributed by atoms with van der Waals surface area (Å²) in [4.78, 5) is 21.0. The first-order chi connectivity index (χ1) is 7.16. The van der Waals surface area contributed by atoms with E-state index in [0.29, 0.717) is 0 Å². The van der Waals surface area contributed by atoms with Crippen molar-refractivity contribution in [1.82, 2.24) is 5.32 Å². The van der Waals surface area contributed by atoms with Crippen molar-refractivity contribution in [3.8, 4) is 0 Å². The quantitative estimate of drug-likeness (QED) is 0.599. The van der Waals surface area contributed by atoms with Gasteiger partial charge in [0.05, 0.1) is 4.92 Å². The molecule has 5 nitrogen and oxygen atoms in total. The van der Waals surface area contributed by atoms with E-state index in [1.165, 1.54) is 25.2 Å². The smallest absolute Gasteiger partial charge is 0.282 e. The SMILES string of the molecule is CC.CNC(=O)c1ccccc1[N+](=O)[O-]. The van der Waals surface area contributed by atoms with Crippen LogP contribution in [0.25, 0.3) is 0 Å². The molecule has 0 fully saturated rings. The van der Waals surface area contributed by atoms with Gasteiger partial charge in [-0.2, -0.15) is 0 Å². The van der Waals surface area contributed by atoms with Crippen molar-refractivity contribution in [3.05, 3.63) is 39.9 Å². The van der Waals surface area contributed by atoms with Crippen LogP contribution < -0.4 is 5.32 Å². The highest BCUT2D eigenvalue weighted by atomic mass is 16.6. The number of hydrogen-bond donors (Lipinski definition) is 1. The largest absolute Gasteiger partial charge is 0.355 e. The normalized spacial score (nSPS) is 8.47. The number of carbonyl (C=O) groups is 1. The molecule has 0 saturated carbocycles. The Morgan fingerprint density at radius 1 is 1.33 bits per heavy atom. The van der Waals surface area contributed by atoms with Crippen LogP contribution in [0, 0.1) is 10.1 Å². The van der Waals surface area contributed by atoms with Crippen molar-refractivity contribution >= 4 is 11.6 Å². The van der Waals surface area contributed by atoms with Gasteiger partial charge < -0.3 is 5.32 Å². The number of carbonyl (C=O) groups excluding carboxylic acids is 1. The van der Waals surface area contributed by atoms with Crippen LogP contribution in [-0.4, -0.2) is 17.9 Å². The van der Waals surface area contributed by atoms with E-state index in [2.05, 4.69) is 5.32 Å². The van der Waals surface area contributed by atoms with Gasteiger partial charge in [-0.25, -0.2) is 0 Å². The van der Waals surface area contributed by atoms with Gasteiger partial charge in [-0.3, -0.25) is 14.9 Å². The van der Waals surface area contributed by atoms with Gasteiger partial charge in [0.15, 0.2) is 0 Å². The molecular formula is C10H14N2O3. The molecule has 0 heterocycles. The molecule has 15 heavy (non-hydrogen) atoms. The molecular weight excluding hydrogens is 196 g/mol. The third-order valence-corrected chi connectivity index (χ3v) is 1.57. The van der Waals surface area contributed by atoms with Gasteiger partial charge >= 0.3 is 0 Å². The number of nitrogens with zero attached hydrogens (tertiary/aromatic N) is 1. The average molecular weight is 210 g/mol.